The van der Waals surface area contributed by atoms with Crippen LogP contribution in [0.2, 0.25) is 0 Å². The first-order valence-corrected chi connectivity index (χ1v) is 7.44. The van der Waals surface area contributed by atoms with Gasteiger partial charge >= 0.3 is 0 Å². The van der Waals surface area contributed by atoms with Crippen LogP contribution in [0.4, 0.5) is 0 Å². The summed E-state index contributed by atoms with van der Waals surface area (Å²) in [6.45, 7) is 9.65. The number of aryl methyl sites for hydroxylation is 2. The van der Waals surface area contributed by atoms with Crippen molar-refractivity contribution < 1.29 is 9.32 Å². The number of rotatable bonds is 4. The Morgan fingerprint density at radius 1 is 1.55 bits per heavy atom. The van der Waals surface area contributed by atoms with Gasteiger partial charge in [0, 0.05) is 12.1 Å². The van der Waals surface area contributed by atoms with Crippen LogP contribution in [-0.2, 0) is 4.79 Å². The van der Waals surface area contributed by atoms with Crippen molar-refractivity contribution in [2.75, 3.05) is 13.1 Å². The van der Waals surface area contributed by atoms with Gasteiger partial charge in [-0.1, -0.05) is 12.1 Å². The summed E-state index contributed by atoms with van der Waals surface area (Å²) in [6, 6.07) is -0.0703. The highest BCUT2D eigenvalue weighted by Gasteiger charge is 2.38. The van der Waals surface area contributed by atoms with Crippen molar-refractivity contribution >= 4 is 5.91 Å². The third-order valence-electron chi connectivity index (χ3n) is 4.50. The number of carbonyl (C=O) groups is 1. The minimum atomic E-state index is -0.272. The van der Waals surface area contributed by atoms with Crippen LogP contribution in [0.15, 0.2) is 4.52 Å². The molecular weight excluding hydrogens is 254 g/mol. The molecule has 1 aromatic rings. The van der Waals surface area contributed by atoms with Gasteiger partial charge < -0.3 is 15.2 Å². The standard InChI is InChI=1S/C15H25N3O2/c1-5-15(7-6-8-16-9-15)14(19)17-10(2)13-11(3)18-20-12(13)4/h10,16H,5-9H2,1-4H3,(H,17,19). The maximum Gasteiger partial charge on any atom is 0.227 e. The molecule has 20 heavy (non-hydrogen) atoms. The van der Waals surface area contributed by atoms with Crippen LogP contribution in [0.25, 0.3) is 0 Å². The van der Waals surface area contributed by atoms with Gasteiger partial charge in [-0.05, 0) is 46.6 Å². The zero-order valence-electron chi connectivity index (χ0n) is 12.9. The molecule has 5 heteroatoms. The van der Waals surface area contributed by atoms with Gasteiger partial charge in [0.15, 0.2) is 0 Å². The highest BCUT2D eigenvalue weighted by molar-refractivity contribution is 5.83. The molecule has 0 spiro atoms. The van der Waals surface area contributed by atoms with Gasteiger partial charge in [0.2, 0.25) is 5.91 Å². The molecule has 2 N–H and O–H groups in total. The van der Waals surface area contributed by atoms with Crippen LogP contribution < -0.4 is 10.6 Å². The Bertz CT molecular complexity index is 456. The molecular formula is C15H25N3O2. The van der Waals surface area contributed by atoms with Crippen molar-refractivity contribution in [1.29, 1.82) is 0 Å². The fourth-order valence-electron chi connectivity index (χ4n) is 3.15. The van der Waals surface area contributed by atoms with Crippen LogP contribution in [0.5, 0.6) is 0 Å². The van der Waals surface area contributed by atoms with E-state index in [0.29, 0.717) is 0 Å². The summed E-state index contributed by atoms with van der Waals surface area (Å²) in [7, 11) is 0. The first-order chi connectivity index (χ1) is 9.50. The van der Waals surface area contributed by atoms with Crippen molar-refractivity contribution in [2.45, 2.75) is 53.0 Å². The number of piperidine rings is 1. The number of amides is 1. The number of carbonyl (C=O) groups excluding carboxylic acids is 1. The van der Waals surface area contributed by atoms with E-state index in [4.69, 9.17) is 4.52 Å². The number of nitrogens with zero attached hydrogens (tertiary/aromatic N) is 1. The van der Waals surface area contributed by atoms with Crippen molar-refractivity contribution in [3.05, 3.63) is 17.0 Å². The highest BCUT2D eigenvalue weighted by Crippen LogP contribution is 2.31. The van der Waals surface area contributed by atoms with Gasteiger partial charge in [0.05, 0.1) is 17.2 Å². The van der Waals surface area contributed by atoms with Gasteiger partial charge in [-0.25, -0.2) is 0 Å². The second-order valence-corrected chi connectivity index (χ2v) is 5.85. The van der Waals surface area contributed by atoms with E-state index in [2.05, 4.69) is 22.7 Å². The molecule has 5 nitrogen and oxygen atoms in total. The molecule has 2 heterocycles. The number of hydrogen-bond donors (Lipinski definition) is 2. The van der Waals surface area contributed by atoms with Crippen LogP contribution in [0.1, 0.15) is 56.2 Å². The van der Waals surface area contributed by atoms with E-state index in [-0.39, 0.29) is 17.4 Å². The molecule has 112 valence electrons. The van der Waals surface area contributed by atoms with Crippen molar-refractivity contribution in [3.8, 4) is 0 Å². The second-order valence-electron chi connectivity index (χ2n) is 5.85. The van der Waals surface area contributed by atoms with E-state index in [1.54, 1.807) is 0 Å². The third kappa shape index (κ3) is 2.73. The van der Waals surface area contributed by atoms with Crippen LogP contribution >= 0.6 is 0 Å². The lowest BCUT2D eigenvalue weighted by Crippen LogP contribution is -2.50. The molecule has 1 aromatic heterocycles. The normalized spacial score (nSPS) is 24.4. The monoisotopic (exact) mass is 279 g/mol. The van der Waals surface area contributed by atoms with Gasteiger partial charge in [0.1, 0.15) is 5.76 Å². The quantitative estimate of drug-likeness (QED) is 0.887. The average Bonchev–Trinajstić information content (AvgIpc) is 2.78. The number of nitrogens with one attached hydrogen (secondary N) is 2. The summed E-state index contributed by atoms with van der Waals surface area (Å²) < 4.78 is 5.18. The molecule has 2 rings (SSSR count). The van der Waals surface area contributed by atoms with E-state index in [1.807, 2.05) is 20.8 Å². The lowest BCUT2D eigenvalue weighted by atomic mass is 9.77. The summed E-state index contributed by atoms with van der Waals surface area (Å²) >= 11 is 0. The Hall–Kier alpha value is -1.36. The molecule has 1 saturated heterocycles. The molecule has 0 radical (unpaired) electrons. The van der Waals surface area contributed by atoms with Crippen molar-refractivity contribution in [3.63, 3.8) is 0 Å². The second kappa shape index (κ2) is 5.95. The third-order valence-corrected chi connectivity index (χ3v) is 4.50. The maximum absolute atomic E-state index is 12.7. The smallest absolute Gasteiger partial charge is 0.227 e. The van der Waals surface area contributed by atoms with Crippen molar-refractivity contribution in [1.82, 2.24) is 15.8 Å². The summed E-state index contributed by atoms with van der Waals surface area (Å²) in [5.74, 6) is 0.919. The van der Waals surface area contributed by atoms with Gasteiger partial charge in [-0.3, -0.25) is 4.79 Å². The Kier molecular flexibility index (Phi) is 4.48. The highest BCUT2D eigenvalue weighted by atomic mass is 16.5. The van der Waals surface area contributed by atoms with Crippen LogP contribution in [0.3, 0.4) is 0 Å². The van der Waals surface area contributed by atoms with Gasteiger partial charge in [-0.2, -0.15) is 0 Å². The molecule has 1 aliphatic heterocycles. The average molecular weight is 279 g/mol. The van der Waals surface area contributed by atoms with E-state index in [0.717, 1.165) is 49.4 Å². The zero-order chi connectivity index (χ0) is 14.8. The number of hydrogen-bond acceptors (Lipinski definition) is 4. The SMILES string of the molecule is CCC1(C(=O)NC(C)c2c(C)noc2C)CCCNC1. The van der Waals surface area contributed by atoms with Crippen LogP contribution in [-0.4, -0.2) is 24.2 Å². The summed E-state index contributed by atoms with van der Waals surface area (Å²) in [6.07, 6.45) is 2.87. The van der Waals surface area contributed by atoms with E-state index >= 15 is 0 Å². The van der Waals surface area contributed by atoms with Crippen LogP contribution in [0, 0.1) is 19.3 Å². The summed E-state index contributed by atoms with van der Waals surface area (Å²) in [5.41, 5.74) is 1.57. The Morgan fingerprint density at radius 2 is 2.30 bits per heavy atom. The Morgan fingerprint density at radius 3 is 2.80 bits per heavy atom. The molecule has 0 aliphatic carbocycles. The topological polar surface area (TPSA) is 67.2 Å². The molecule has 1 amide bonds. The van der Waals surface area contributed by atoms with E-state index in [1.165, 1.54) is 0 Å². The number of aromatic nitrogens is 1. The summed E-state index contributed by atoms with van der Waals surface area (Å²) in [4.78, 5) is 12.7. The Labute approximate surface area is 120 Å². The predicted molar refractivity (Wildman–Crippen MR) is 77.4 cm³/mol. The molecule has 2 unspecified atom stereocenters. The van der Waals surface area contributed by atoms with Crippen molar-refractivity contribution in [2.24, 2.45) is 5.41 Å². The first kappa shape index (κ1) is 15.0. The fourth-order valence-corrected chi connectivity index (χ4v) is 3.15. The molecule has 0 saturated carbocycles. The molecule has 0 aromatic carbocycles. The molecule has 2 atom stereocenters. The minimum Gasteiger partial charge on any atom is -0.361 e. The Balaban J connectivity index is 2.10. The van der Waals surface area contributed by atoms with Gasteiger partial charge in [-0.15, -0.1) is 0 Å². The first-order valence-electron chi connectivity index (χ1n) is 7.44. The lowest BCUT2D eigenvalue weighted by molar-refractivity contribution is -0.133. The lowest BCUT2D eigenvalue weighted by Gasteiger charge is -2.36. The minimum absolute atomic E-state index is 0.0703. The molecule has 1 aliphatic rings. The fraction of sp³-hybridized carbons (Fsp3) is 0.733. The summed E-state index contributed by atoms with van der Waals surface area (Å²) in [5, 5.41) is 10.4. The van der Waals surface area contributed by atoms with E-state index in [9.17, 15) is 4.79 Å². The molecule has 0 bridgehead atoms. The molecule has 1 fully saturated rings. The van der Waals surface area contributed by atoms with Gasteiger partial charge in [0.25, 0.3) is 0 Å². The zero-order valence-corrected chi connectivity index (χ0v) is 12.9. The predicted octanol–water partition coefficient (Wildman–Crippen LogP) is 2.25. The largest absolute Gasteiger partial charge is 0.361 e. The maximum atomic E-state index is 12.7. The van der Waals surface area contributed by atoms with E-state index < -0.39 is 0 Å².